The van der Waals surface area contributed by atoms with Crippen molar-refractivity contribution in [2.75, 3.05) is 12.3 Å². The second kappa shape index (κ2) is 9.14. The Morgan fingerprint density at radius 2 is 1.86 bits per heavy atom. The van der Waals surface area contributed by atoms with Gasteiger partial charge < -0.3 is 5.32 Å². The number of halogens is 1. The van der Waals surface area contributed by atoms with Gasteiger partial charge in [0.1, 0.15) is 5.15 Å². The highest BCUT2D eigenvalue weighted by atomic mass is 35.5. The number of tetrazole rings is 1. The Morgan fingerprint density at radius 3 is 2.75 bits per heavy atom. The maximum atomic E-state index is 6.31. The minimum atomic E-state index is 0.558. The van der Waals surface area contributed by atoms with Crippen molar-refractivity contribution in [1.82, 2.24) is 30.5 Å². The van der Waals surface area contributed by atoms with Crippen LogP contribution in [0, 0.1) is 0 Å². The molecule has 0 fully saturated rings. The van der Waals surface area contributed by atoms with Crippen molar-refractivity contribution in [2.45, 2.75) is 18.1 Å². The van der Waals surface area contributed by atoms with Crippen LogP contribution in [-0.2, 0) is 6.54 Å². The van der Waals surface area contributed by atoms with E-state index in [-0.39, 0.29) is 0 Å². The summed E-state index contributed by atoms with van der Waals surface area (Å²) in [6, 6.07) is 20.0. The highest BCUT2D eigenvalue weighted by molar-refractivity contribution is 7.99. The first-order valence-corrected chi connectivity index (χ1v) is 10.4. The zero-order chi connectivity index (χ0) is 19.2. The molecule has 142 valence electrons. The van der Waals surface area contributed by atoms with Gasteiger partial charge in [-0.3, -0.25) is 0 Å². The largest absolute Gasteiger partial charge is 0.313 e. The summed E-state index contributed by atoms with van der Waals surface area (Å²) < 4.78 is 1.76. The molecule has 1 N–H and O–H groups in total. The van der Waals surface area contributed by atoms with Crippen LogP contribution in [0.3, 0.4) is 0 Å². The van der Waals surface area contributed by atoms with Crippen LogP contribution in [0.25, 0.3) is 16.6 Å². The van der Waals surface area contributed by atoms with E-state index in [9.17, 15) is 0 Å². The summed E-state index contributed by atoms with van der Waals surface area (Å²) in [6.07, 6.45) is 0.991. The zero-order valence-electron chi connectivity index (χ0n) is 15.1. The summed E-state index contributed by atoms with van der Waals surface area (Å²) in [6.45, 7) is 1.58. The third-order valence-corrected chi connectivity index (χ3v) is 5.57. The SMILES string of the molecule is Clc1nc2ccccc2cc1CNCCCSc1nnnn1-c1ccccc1. The number of benzene rings is 2. The predicted octanol–water partition coefficient (Wildman–Crippen LogP) is 4.14. The highest BCUT2D eigenvalue weighted by Crippen LogP contribution is 2.21. The first-order chi connectivity index (χ1) is 13.8. The van der Waals surface area contributed by atoms with Crippen molar-refractivity contribution in [3.05, 3.63) is 71.4 Å². The summed E-state index contributed by atoms with van der Waals surface area (Å²) in [5.41, 5.74) is 2.90. The van der Waals surface area contributed by atoms with E-state index in [1.165, 1.54) is 0 Å². The Bertz CT molecular complexity index is 1050. The normalized spacial score (nSPS) is 11.2. The van der Waals surface area contributed by atoms with Crippen LogP contribution >= 0.6 is 23.4 Å². The average molecular weight is 411 g/mol. The van der Waals surface area contributed by atoms with Crippen LogP contribution in [-0.4, -0.2) is 37.5 Å². The standard InChI is InChI=1S/C20H19ClN6S/c21-19-16(13-15-7-4-5-10-18(15)23-19)14-22-11-6-12-28-20-24-25-26-27(20)17-8-2-1-3-9-17/h1-5,7-10,13,22H,6,11-12,14H2. The van der Waals surface area contributed by atoms with Crippen LogP contribution in [0.2, 0.25) is 5.15 Å². The fourth-order valence-electron chi connectivity index (χ4n) is 2.84. The van der Waals surface area contributed by atoms with E-state index < -0.39 is 0 Å². The fourth-order valence-corrected chi connectivity index (χ4v) is 3.89. The van der Waals surface area contributed by atoms with E-state index in [1.807, 2.05) is 48.5 Å². The van der Waals surface area contributed by atoms with Gasteiger partial charge in [0.05, 0.1) is 11.2 Å². The van der Waals surface area contributed by atoms with Crippen LogP contribution < -0.4 is 5.32 Å². The Kier molecular flexibility index (Phi) is 6.16. The van der Waals surface area contributed by atoms with Gasteiger partial charge in [-0.1, -0.05) is 59.8 Å². The van der Waals surface area contributed by atoms with Gasteiger partial charge in [0.25, 0.3) is 0 Å². The molecule has 0 spiro atoms. The number of nitrogens with zero attached hydrogens (tertiary/aromatic N) is 5. The monoisotopic (exact) mass is 410 g/mol. The van der Waals surface area contributed by atoms with Crippen molar-refractivity contribution < 1.29 is 0 Å². The lowest BCUT2D eigenvalue weighted by atomic mass is 10.1. The third-order valence-electron chi connectivity index (χ3n) is 4.24. The molecule has 0 unspecified atom stereocenters. The molecule has 0 saturated carbocycles. The first-order valence-electron chi connectivity index (χ1n) is 9.03. The molecule has 0 aliphatic carbocycles. The molecule has 0 radical (unpaired) electrons. The highest BCUT2D eigenvalue weighted by Gasteiger charge is 2.08. The Balaban J connectivity index is 1.25. The number of hydrogen-bond donors (Lipinski definition) is 1. The van der Waals surface area contributed by atoms with Gasteiger partial charge >= 0.3 is 0 Å². The second-order valence-corrected chi connectivity index (χ2v) is 7.64. The Morgan fingerprint density at radius 1 is 1.04 bits per heavy atom. The number of fused-ring (bicyclic) bond motifs is 1. The second-order valence-electron chi connectivity index (χ2n) is 6.22. The third kappa shape index (κ3) is 4.49. The Labute approximate surface area is 172 Å². The van der Waals surface area contributed by atoms with E-state index in [4.69, 9.17) is 11.6 Å². The molecule has 0 atom stereocenters. The lowest BCUT2D eigenvalue weighted by molar-refractivity contribution is 0.677. The average Bonchev–Trinajstić information content (AvgIpc) is 3.20. The quantitative estimate of drug-likeness (QED) is 0.267. The smallest absolute Gasteiger partial charge is 0.214 e. The summed E-state index contributed by atoms with van der Waals surface area (Å²) in [7, 11) is 0. The molecule has 6 nitrogen and oxygen atoms in total. The zero-order valence-corrected chi connectivity index (χ0v) is 16.7. The number of nitrogens with one attached hydrogen (secondary N) is 1. The van der Waals surface area contributed by atoms with Gasteiger partial charge in [-0.2, -0.15) is 4.68 Å². The molecule has 0 amide bonds. The van der Waals surface area contributed by atoms with E-state index in [1.54, 1.807) is 16.4 Å². The van der Waals surface area contributed by atoms with Gasteiger partial charge in [-0.25, -0.2) is 4.98 Å². The summed E-state index contributed by atoms with van der Waals surface area (Å²) >= 11 is 7.95. The molecule has 0 aliphatic rings. The van der Waals surface area contributed by atoms with Gasteiger partial charge in [-0.05, 0) is 47.7 Å². The Hall–Kier alpha value is -2.48. The predicted molar refractivity (Wildman–Crippen MR) is 113 cm³/mol. The molecule has 28 heavy (non-hydrogen) atoms. The summed E-state index contributed by atoms with van der Waals surface area (Å²) in [5.74, 6) is 0.921. The van der Waals surface area contributed by atoms with Gasteiger partial charge in [-0.15, -0.1) is 5.10 Å². The van der Waals surface area contributed by atoms with Crippen molar-refractivity contribution in [3.8, 4) is 5.69 Å². The minimum Gasteiger partial charge on any atom is -0.313 e. The summed E-state index contributed by atoms with van der Waals surface area (Å²) in [5, 5.41) is 17.9. The fraction of sp³-hybridized carbons (Fsp3) is 0.200. The minimum absolute atomic E-state index is 0.558. The maximum absolute atomic E-state index is 6.31. The molecule has 2 aromatic heterocycles. The molecule has 4 rings (SSSR count). The van der Waals surface area contributed by atoms with Gasteiger partial charge in [0, 0.05) is 23.2 Å². The number of hydrogen-bond acceptors (Lipinski definition) is 6. The summed E-state index contributed by atoms with van der Waals surface area (Å²) in [4.78, 5) is 4.46. The lowest BCUT2D eigenvalue weighted by Gasteiger charge is -2.08. The molecule has 4 aromatic rings. The molecular weight excluding hydrogens is 392 g/mol. The van der Waals surface area contributed by atoms with Crippen LogP contribution in [0.1, 0.15) is 12.0 Å². The van der Waals surface area contributed by atoms with E-state index in [0.717, 1.165) is 46.0 Å². The van der Waals surface area contributed by atoms with Crippen LogP contribution in [0.15, 0.2) is 65.8 Å². The molecular formula is C20H19ClN6S. The number of rotatable bonds is 8. The molecule has 0 bridgehead atoms. The molecule has 0 saturated heterocycles. The van der Waals surface area contributed by atoms with E-state index in [2.05, 4.69) is 38.0 Å². The molecule has 2 aromatic carbocycles. The van der Waals surface area contributed by atoms with Gasteiger partial charge in [0.2, 0.25) is 5.16 Å². The molecule has 0 aliphatic heterocycles. The molecule has 2 heterocycles. The lowest BCUT2D eigenvalue weighted by Crippen LogP contribution is -2.16. The van der Waals surface area contributed by atoms with Gasteiger partial charge in [0.15, 0.2) is 0 Å². The maximum Gasteiger partial charge on any atom is 0.214 e. The number of pyridine rings is 1. The van der Waals surface area contributed by atoms with E-state index in [0.29, 0.717) is 11.7 Å². The van der Waals surface area contributed by atoms with Crippen molar-refractivity contribution in [2.24, 2.45) is 0 Å². The van der Waals surface area contributed by atoms with E-state index >= 15 is 0 Å². The van der Waals surface area contributed by atoms with Crippen LogP contribution in [0.5, 0.6) is 0 Å². The molecule has 8 heteroatoms. The number of para-hydroxylation sites is 2. The van der Waals surface area contributed by atoms with Crippen molar-refractivity contribution >= 4 is 34.3 Å². The first kappa shape index (κ1) is 18.9. The van der Waals surface area contributed by atoms with Crippen LogP contribution in [0.4, 0.5) is 0 Å². The number of aromatic nitrogens is 5. The topological polar surface area (TPSA) is 68.5 Å². The van der Waals surface area contributed by atoms with Crippen molar-refractivity contribution in [1.29, 1.82) is 0 Å². The van der Waals surface area contributed by atoms with Crippen molar-refractivity contribution in [3.63, 3.8) is 0 Å². The number of thioether (sulfide) groups is 1.